The highest BCUT2D eigenvalue weighted by Gasteiger charge is 2.12. The number of hydrogen-bond donors (Lipinski definition) is 2. The third-order valence-corrected chi connectivity index (χ3v) is 4.98. The summed E-state index contributed by atoms with van der Waals surface area (Å²) in [6.07, 6.45) is 1.51. The van der Waals surface area contributed by atoms with Crippen molar-refractivity contribution in [1.29, 1.82) is 0 Å². The van der Waals surface area contributed by atoms with Gasteiger partial charge in [-0.2, -0.15) is 5.10 Å². The van der Waals surface area contributed by atoms with Crippen molar-refractivity contribution >= 4 is 34.0 Å². The van der Waals surface area contributed by atoms with Crippen molar-refractivity contribution in [2.75, 3.05) is 13.7 Å². The molecule has 0 unspecified atom stereocenters. The molecular formula is C24H22BrN3O4. The van der Waals surface area contributed by atoms with E-state index in [1.807, 2.05) is 48.5 Å². The van der Waals surface area contributed by atoms with Crippen LogP contribution in [0.1, 0.15) is 21.5 Å². The molecule has 0 heterocycles. The molecule has 3 aromatic carbocycles. The van der Waals surface area contributed by atoms with E-state index in [-0.39, 0.29) is 6.54 Å². The van der Waals surface area contributed by atoms with Gasteiger partial charge in [0.2, 0.25) is 0 Å². The zero-order valence-electron chi connectivity index (χ0n) is 17.4. The first-order valence-electron chi connectivity index (χ1n) is 9.76. The van der Waals surface area contributed by atoms with Gasteiger partial charge in [0.1, 0.15) is 18.1 Å². The van der Waals surface area contributed by atoms with Crippen LogP contribution in [0.4, 0.5) is 0 Å². The number of ether oxygens (including phenoxy) is 2. The minimum atomic E-state index is -0.452. The number of methoxy groups -OCH3 is 1. The summed E-state index contributed by atoms with van der Waals surface area (Å²) < 4.78 is 11.7. The fourth-order valence-corrected chi connectivity index (χ4v) is 3.27. The van der Waals surface area contributed by atoms with Gasteiger partial charge in [-0.1, -0.05) is 42.5 Å². The van der Waals surface area contributed by atoms with Crippen molar-refractivity contribution in [3.63, 3.8) is 0 Å². The van der Waals surface area contributed by atoms with Crippen molar-refractivity contribution in [3.05, 3.63) is 94.0 Å². The summed E-state index contributed by atoms with van der Waals surface area (Å²) in [5, 5.41) is 6.47. The summed E-state index contributed by atoms with van der Waals surface area (Å²) in [7, 11) is 1.48. The van der Waals surface area contributed by atoms with E-state index in [4.69, 9.17) is 9.47 Å². The van der Waals surface area contributed by atoms with Gasteiger partial charge in [0.25, 0.3) is 11.8 Å². The maximum atomic E-state index is 12.2. The summed E-state index contributed by atoms with van der Waals surface area (Å²) in [5.41, 5.74) is 4.58. The molecule has 3 aromatic rings. The van der Waals surface area contributed by atoms with Crippen molar-refractivity contribution in [2.24, 2.45) is 5.10 Å². The molecule has 32 heavy (non-hydrogen) atoms. The molecule has 8 heteroatoms. The number of carbonyl (C=O) groups is 2. The number of halogens is 1. The van der Waals surface area contributed by atoms with Crippen molar-refractivity contribution < 1.29 is 19.1 Å². The third-order valence-electron chi connectivity index (χ3n) is 4.36. The molecule has 7 nitrogen and oxygen atoms in total. The van der Waals surface area contributed by atoms with Crippen molar-refractivity contribution in [1.82, 2.24) is 10.7 Å². The number of hydrazone groups is 1. The molecule has 2 N–H and O–H groups in total. The lowest BCUT2D eigenvalue weighted by Crippen LogP contribution is -2.35. The molecule has 0 aliphatic rings. The average Bonchev–Trinajstić information content (AvgIpc) is 2.82. The molecule has 0 saturated carbocycles. The summed E-state index contributed by atoms with van der Waals surface area (Å²) in [6.45, 7) is 0.244. The second kappa shape index (κ2) is 11.7. The lowest BCUT2D eigenvalue weighted by Gasteiger charge is -2.09. The van der Waals surface area contributed by atoms with Gasteiger partial charge in [-0.15, -0.1) is 0 Å². The molecule has 0 fully saturated rings. The van der Waals surface area contributed by atoms with Gasteiger partial charge in [0.05, 0.1) is 29.9 Å². The topological polar surface area (TPSA) is 89.0 Å². The maximum absolute atomic E-state index is 12.2. The molecule has 0 spiro atoms. The van der Waals surface area contributed by atoms with Gasteiger partial charge in [0.15, 0.2) is 0 Å². The molecule has 164 valence electrons. The van der Waals surface area contributed by atoms with Crippen LogP contribution in [0.25, 0.3) is 0 Å². The number of para-hydroxylation sites is 1. The molecule has 0 radical (unpaired) electrons. The zero-order valence-corrected chi connectivity index (χ0v) is 19.0. The molecule has 3 rings (SSSR count). The van der Waals surface area contributed by atoms with Crippen LogP contribution in [0.2, 0.25) is 0 Å². The van der Waals surface area contributed by atoms with E-state index in [1.165, 1.54) is 13.3 Å². The number of nitrogens with one attached hydrogen (secondary N) is 2. The first-order valence-corrected chi connectivity index (χ1v) is 10.6. The number of nitrogens with zero attached hydrogens (tertiary/aromatic N) is 1. The Hall–Kier alpha value is -3.65. The van der Waals surface area contributed by atoms with Crippen LogP contribution < -0.4 is 20.2 Å². The molecule has 0 atom stereocenters. The Bertz CT molecular complexity index is 1100. The molecule has 0 bridgehead atoms. The molecule has 0 aliphatic carbocycles. The predicted octanol–water partition coefficient (Wildman–Crippen LogP) is 3.92. The second-order valence-electron chi connectivity index (χ2n) is 6.64. The van der Waals surface area contributed by atoms with Crippen LogP contribution in [-0.2, 0) is 11.4 Å². The van der Waals surface area contributed by atoms with E-state index >= 15 is 0 Å². The lowest BCUT2D eigenvalue weighted by atomic mass is 10.2. The Labute approximate surface area is 194 Å². The fraction of sp³-hybridized carbons (Fsp3) is 0.125. The van der Waals surface area contributed by atoms with E-state index < -0.39 is 11.8 Å². The summed E-state index contributed by atoms with van der Waals surface area (Å²) in [6, 6.07) is 22.1. The van der Waals surface area contributed by atoms with Crippen LogP contribution in [-0.4, -0.2) is 31.7 Å². The Balaban J connectivity index is 1.47. The van der Waals surface area contributed by atoms with Crippen molar-refractivity contribution in [3.8, 4) is 11.5 Å². The Kier molecular flexibility index (Phi) is 8.39. The minimum Gasteiger partial charge on any atom is -0.496 e. The Morgan fingerprint density at radius 2 is 1.75 bits per heavy atom. The number of amides is 2. The van der Waals surface area contributed by atoms with E-state index in [0.29, 0.717) is 23.7 Å². The molecular weight excluding hydrogens is 474 g/mol. The normalized spacial score (nSPS) is 10.6. The Morgan fingerprint density at radius 1 is 1.00 bits per heavy atom. The van der Waals surface area contributed by atoms with Crippen LogP contribution in [0.5, 0.6) is 11.5 Å². The van der Waals surface area contributed by atoms with E-state index in [9.17, 15) is 9.59 Å². The second-order valence-corrected chi connectivity index (χ2v) is 7.49. The number of benzene rings is 3. The molecule has 0 aliphatic heterocycles. The molecule has 2 amide bonds. The lowest BCUT2D eigenvalue weighted by molar-refractivity contribution is -0.120. The van der Waals surface area contributed by atoms with Crippen LogP contribution in [0.15, 0.2) is 82.4 Å². The SMILES string of the molecule is COc1ccccc1C(=O)NCC(=O)NN=Cc1ccc(OCc2ccccc2)c(Br)c1. The van der Waals surface area contributed by atoms with Crippen LogP contribution in [0, 0.1) is 0 Å². The monoisotopic (exact) mass is 495 g/mol. The third kappa shape index (κ3) is 6.68. The first-order chi connectivity index (χ1) is 15.6. The summed E-state index contributed by atoms with van der Waals surface area (Å²) in [4.78, 5) is 24.2. The smallest absolute Gasteiger partial charge is 0.259 e. The highest BCUT2D eigenvalue weighted by Crippen LogP contribution is 2.26. The van der Waals surface area contributed by atoms with Gasteiger partial charge in [-0.05, 0) is 57.4 Å². The van der Waals surface area contributed by atoms with Crippen molar-refractivity contribution in [2.45, 2.75) is 6.61 Å². The van der Waals surface area contributed by atoms with E-state index in [0.717, 1.165) is 15.6 Å². The molecule has 0 saturated heterocycles. The first kappa shape index (κ1) is 23.0. The highest BCUT2D eigenvalue weighted by molar-refractivity contribution is 9.10. The van der Waals surface area contributed by atoms with E-state index in [2.05, 4.69) is 31.8 Å². The predicted molar refractivity (Wildman–Crippen MR) is 126 cm³/mol. The largest absolute Gasteiger partial charge is 0.496 e. The van der Waals surface area contributed by atoms with Crippen LogP contribution >= 0.6 is 15.9 Å². The van der Waals surface area contributed by atoms with Gasteiger partial charge in [-0.3, -0.25) is 9.59 Å². The minimum absolute atomic E-state index is 0.218. The number of rotatable bonds is 9. The molecule has 0 aromatic heterocycles. The highest BCUT2D eigenvalue weighted by atomic mass is 79.9. The van der Waals surface area contributed by atoms with Gasteiger partial charge in [0, 0.05) is 0 Å². The summed E-state index contributed by atoms with van der Waals surface area (Å²) >= 11 is 3.48. The quantitative estimate of drug-likeness (QED) is 0.347. The zero-order chi connectivity index (χ0) is 22.8. The van der Waals surface area contributed by atoms with Gasteiger partial charge >= 0.3 is 0 Å². The maximum Gasteiger partial charge on any atom is 0.259 e. The summed E-state index contributed by atoms with van der Waals surface area (Å²) in [5.74, 6) is 0.280. The fourth-order valence-electron chi connectivity index (χ4n) is 2.76. The standard InChI is InChI=1S/C24H22BrN3O4/c1-31-21-10-6-5-9-19(21)24(30)26-15-23(29)28-27-14-18-11-12-22(20(25)13-18)32-16-17-7-3-2-4-8-17/h2-14H,15-16H2,1H3,(H,26,30)(H,28,29). The Morgan fingerprint density at radius 3 is 2.50 bits per heavy atom. The van der Waals surface area contributed by atoms with Gasteiger partial charge in [-0.25, -0.2) is 5.43 Å². The van der Waals surface area contributed by atoms with Gasteiger partial charge < -0.3 is 14.8 Å². The van der Waals surface area contributed by atoms with Crippen LogP contribution in [0.3, 0.4) is 0 Å². The number of carbonyl (C=O) groups excluding carboxylic acids is 2. The number of hydrogen-bond acceptors (Lipinski definition) is 5. The average molecular weight is 496 g/mol. The van der Waals surface area contributed by atoms with E-state index in [1.54, 1.807) is 24.3 Å².